The van der Waals surface area contributed by atoms with Gasteiger partial charge in [0.05, 0.1) is 19.2 Å². The largest absolute Gasteiger partial charge is 0.513 e. The van der Waals surface area contributed by atoms with Crippen molar-refractivity contribution < 1.29 is 28.7 Å². The predicted octanol–water partition coefficient (Wildman–Crippen LogP) is 4.83. The molecule has 1 N–H and O–H groups in total. The highest BCUT2D eigenvalue weighted by molar-refractivity contribution is 5.69. The van der Waals surface area contributed by atoms with Crippen LogP contribution in [0.15, 0.2) is 54.6 Å². The summed E-state index contributed by atoms with van der Waals surface area (Å²) >= 11 is 0. The van der Waals surface area contributed by atoms with Crippen LogP contribution < -0.4 is 4.74 Å². The van der Waals surface area contributed by atoms with Crippen LogP contribution in [0.4, 0.5) is 9.59 Å². The molecule has 1 fully saturated rings. The van der Waals surface area contributed by atoms with Gasteiger partial charge in [0.15, 0.2) is 0 Å². The van der Waals surface area contributed by atoms with Gasteiger partial charge in [-0.2, -0.15) is 4.79 Å². The zero-order valence-corrected chi connectivity index (χ0v) is 22.1. The second-order valence-electron chi connectivity index (χ2n) is 10.8. The molecule has 3 rings (SSSR count). The Balaban J connectivity index is 1.74. The zero-order valence-electron chi connectivity index (χ0n) is 22.1. The third-order valence-electron chi connectivity index (χ3n) is 6.27. The highest BCUT2D eigenvalue weighted by atomic mass is 16.6. The normalized spacial score (nSPS) is 20.3. The molecular formula is C28H40N3O5+. The number of rotatable bonds is 8. The number of ether oxygens (including phenoxy) is 2. The van der Waals surface area contributed by atoms with Crippen LogP contribution in [-0.2, 0) is 17.8 Å². The first-order valence-electron chi connectivity index (χ1n) is 12.5. The van der Waals surface area contributed by atoms with Crippen molar-refractivity contribution in [2.75, 3.05) is 40.3 Å². The minimum Gasteiger partial charge on any atom is -0.494 e. The molecule has 0 aromatic heterocycles. The Morgan fingerprint density at radius 2 is 1.72 bits per heavy atom. The van der Waals surface area contributed by atoms with E-state index in [0.29, 0.717) is 32.7 Å². The fraction of sp³-hybridized carbons (Fsp3) is 0.500. The van der Waals surface area contributed by atoms with E-state index in [-0.39, 0.29) is 17.1 Å². The molecule has 0 aliphatic carbocycles. The number of benzene rings is 2. The molecule has 1 saturated heterocycles. The average Bonchev–Trinajstić information content (AvgIpc) is 2.79. The summed E-state index contributed by atoms with van der Waals surface area (Å²) < 4.78 is 11.5. The van der Waals surface area contributed by atoms with Gasteiger partial charge < -0.3 is 19.5 Å². The molecule has 1 unspecified atom stereocenters. The molecule has 1 heterocycles. The molecule has 0 spiro atoms. The van der Waals surface area contributed by atoms with E-state index in [1.807, 2.05) is 89.5 Å². The van der Waals surface area contributed by atoms with Crippen molar-refractivity contribution in [1.29, 1.82) is 0 Å². The van der Waals surface area contributed by atoms with Crippen LogP contribution in [-0.4, -0.2) is 83.6 Å². The monoisotopic (exact) mass is 498 g/mol. The number of hydrogen-bond donors (Lipinski definition) is 1. The van der Waals surface area contributed by atoms with Gasteiger partial charge in [0.2, 0.25) is 0 Å². The fourth-order valence-electron chi connectivity index (χ4n) is 4.57. The van der Waals surface area contributed by atoms with Crippen molar-refractivity contribution in [3.05, 3.63) is 65.7 Å². The van der Waals surface area contributed by atoms with E-state index >= 15 is 0 Å². The van der Waals surface area contributed by atoms with Crippen molar-refractivity contribution in [2.45, 2.75) is 51.9 Å². The third-order valence-corrected chi connectivity index (χ3v) is 6.27. The summed E-state index contributed by atoms with van der Waals surface area (Å²) in [4.78, 5) is 29.3. The Bertz CT molecular complexity index is 1000. The molecule has 0 saturated carbocycles. The number of nitrogens with zero attached hydrogens (tertiary/aromatic N) is 3. The number of carbonyl (C=O) groups is 2. The van der Waals surface area contributed by atoms with Crippen molar-refractivity contribution in [3.63, 3.8) is 0 Å². The van der Waals surface area contributed by atoms with Crippen LogP contribution in [0, 0.1) is 0 Å². The van der Waals surface area contributed by atoms with Gasteiger partial charge in [-0.3, -0.25) is 4.90 Å². The highest BCUT2D eigenvalue weighted by Gasteiger charge is 2.47. The van der Waals surface area contributed by atoms with Gasteiger partial charge in [-0.25, -0.2) is 9.28 Å². The first-order chi connectivity index (χ1) is 17.0. The summed E-state index contributed by atoms with van der Waals surface area (Å²) in [5, 5.41) is 10.3. The highest BCUT2D eigenvalue weighted by Crippen LogP contribution is 2.26. The van der Waals surface area contributed by atoms with Crippen LogP contribution in [0.5, 0.6) is 5.75 Å². The molecule has 0 radical (unpaired) electrons. The summed E-state index contributed by atoms with van der Waals surface area (Å²) in [6, 6.07) is 17.3. The van der Waals surface area contributed by atoms with Gasteiger partial charge in [-0.1, -0.05) is 42.5 Å². The number of carbonyl (C=O) groups excluding carboxylic acids is 1. The number of carboxylic acid groups (broad SMARTS) is 1. The van der Waals surface area contributed by atoms with E-state index in [1.54, 1.807) is 4.90 Å². The number of hydrogen-bond acceptors (Lipinski definition) is 5. The number of piperazine rings is 1. The molecule has 1 aliphatic rings. The second-order valence-corrected chi connectivity index (χ2v) is 10.8. The summed E-state index contributed by atoms with van der Waals surface area (Å²) in [5.41, 5.74) is 1.52. The number of quaternary nitrogens is 1. The average molecular weight is 499 g/mol. The maximum Gasteiger partial charge on any atom is 0.513 e. The molecule has 2 aromatic rings. The van der Waals surface area contributed by atoms with Gasteiger partial charge in [0.1, 0.15) is 31.0 Å². The van der Waals surface area contributed by atoms with Gasteiger partial charge in [0, 0.05) is 18.5 Å². The lowest BCUT2D eigenvalue weighted by Crippen LogP contribution is -2.66. The second kappa shape index (κ2) is 11.8. The molecular weight excluding hydrogens is 458 g/mol. The molecule has 2 aromatic carbocycles. The predicted molar refractivity (Wildman–Crippen MR) is 139 cm³/mol. The fourth-order valence-corrected chi connectivity index (χ4v) is 4.57. The van der Waals surface area contributed by atoms with Crippen molar-refractivity contribution >= 4 is 12.2 Å². The van der Waals surface area contributed by atoms with Gasteiger partial charge in [-0.05, 0) is 52.6 Å². The SMILES string of the molecule is CN(C)Cc1ccc(OCC[C@@H]2C[N+](Cc3ccccc3)(C(=O)O)CCN2C(=O)OC(C)(C)C)cc1. The molecule has 196 valence electrons. The first-order valence-corrected chi connectivity index (χ1v) is 12.5. The maximum atomic E-state index is 13.0. The lowest BCUT2D eigenvalue weighted by atomic mass is 10.0. The third kappa shape index (κ3) is 7.70. The van der Waals surface area contributed by atoms with Crippen LogP contribution in [0.1, 0.15) is 38.3 Å². The van der Waals surface area contributed by atoms with Crippen molar-refractivity contribution in [2.24, 2.45) is 0 Å². The van der Waals surface area contributed by atoms with Gasteiger partial charge >= 0.3 is 12.2 Å². The van der Waals surface area contributed by atoms with E-state index in [4.69, 9.17) is 9.47 Å². The number of amides is 2. The lowest BCUT2D eigenvalue weighted by molar-refractivity contribution is -0.878. The molecule has 0 bridgehead atoms. The smallest absolute Gasteiger partial charge is 0.494 e. The molecule has 36 heavy (non-hydrogen) atoms. The van der Waals surface area contributed by atoms with E-state index in [1.165, 1.54) is 5.56 Å². The Morgan fingerprint density at radius 3 is 2.31 bits per heavy atom. The summed E-state index contributed by atoms with van der Waals surface area (Å²) in [5.74, 6) is 0.750. The van der Waals surface area contributed by atoms with Crippen LogP contribution in [0.3, 0.4) is 0 Å². The van der Waals surface area contributed by atoms with E-state index in [2.05, 4.69) is 4.90 Å². The van der Waals surface area contributed by atoms with Crippen molar-refractivity contribution in [3.8, 4) is 5.75 Å². The Morgan fingerprint density at radius 1 is 1.06 bits per heavy atom. The maximum absolute atomic E-state index is 13.0. The van der Waals surface area contributed by atoms with E-state index in [9.17, 15) is 14.7 Å². The summed E-state index contributed by atoms with van der Waals surface area (Å²) in [7, 11) is 4.05. The molecule has 8 nitrogen and oxygen atoms in total. The standard InChI is InChI=1S/C28H39N3O5/c1-28(2,3)36-26(32)30-16-17-31(27(33)34,20-23-9-7-6-8-10-23)21-24(30)15-18-35-25-13-11-22(12-14-25)19-29(4)5/h6-14,24H,15-21H2,1-5H3/p+1/t24-,31?/m1/s1. The van der Waals surface area contributed by atoms with Gasteiger partial charge in [0.25, 0.3) is 0 Å². The van der Waals surface area contributed by atoms with Crippen LogP contribution in [0.2, 0.25) is 0 Å². The molecule has 2 amide bonds. The van der Waals surface area contributed by atoms with Crippen LogP contribution >= 0.6 is 0 Å². The van der Waals surface area contributed by atoms with Crippen molar-refractivity contribution in [1.82, 2.24) is 9.80 Å². The Labute approximate surface area is 214 Å². The van der Waals surface area contributed by atoms with Gasteiger partial charge in [-0.15, -0.1) is 0 Å². The summed E-state index contributed by atoms with van der Waals surface area (Å²) in [6.07, 6.45) is -0.797. The van der Waals surface area contributed by atoms with E-state index in [0.717, 1.165) is 17.9 Å². The first kappa shape index (κ1) is 27.5. The summed E-state index contributed by atoms with van der Waals surface area (Å²) in [6.45, 7) is 7.98. The quantitative estimate of drug-likeness (QED) is 0.525. The van der Waals surface area contributed by atoms with E-state index < -0.39 is 17.8 Å². The molecule has 1 aliphatic heterocycles. The Hall–Kier alpha value is -3.10. The van der Waals surface area contributed by atoms with Crippen LogP contribution in [0.25, 0.3) is 0 Å². The lowest BCUT2D eigenvalue weighted by Gasteiger charge is -2.45. The molecule has 2 atom stereocenters. The minimum atomic E-state index is -0.884. The zero-order chi connectivity index (χ0) is 26.3. The Kier molecular flexibility index (Phi) is 8.98. The minimum absolute atomic E-state index is 0.132. The topological polar surface area (TPSA) is 79.3 Å². The molecule has 8 heteroatoms.